The van der Waals surface area contributed by atoms with Crippen LogP contribution in [0.25, 0.3) is 0 Å². The third kappa shape index (κ3) is 2.03. The summed E-state index contributed by atoms with van der Waals surface area (Å²) in [6, 6.07) is 10.2. The molecule has 3 nitrogen and oxygen atoms in total. The minimum absolute atomic E-state index is 0.909. The number of anilines is 2. The highest BCUT2D eigenvalue weighted by atomic mass is 15.2. The first-order valence-electron chi connectivity index (χ1n) is 5.27. The van der Waals surface area contributed by atoms with Gasteiger partial charge in [-0.1, -0.05) is 18.2 Å². The van der Waals surface area contributed by atoms with Gasteiger partial charge in [0.1, 0.15) is 0 Å². The lowest BCUT2D eigenvalue weighted by Crippen LogP contribution is -2.13. The number of rotatable bonds is 2. The van der Waals surface area contributed by atoms with E-state index in [0.29, 0.717) is 0 Å². The number of hydrogen-bond acceptors (Lipinski definition) is 3. The van der Waals surface area contributed by atoms with E-state index in [9.17, 15) is 0 Å². The normalized spacial score (nSPS) is 10.2. The van der Waals surface area contributed by atoms with Crippen molar-refractivity contribution in [3.8, 4) is 0 Å². The van der Waals surface area contributed by atoms with Crippen molar-refractivity contribution in [2.45, 2.75) is 13.8 Å². The Morgan fingerprint density at radius 1 is 1.06 bits per heavy atom. The molecule has 3 heteroatoms. The van der Waals surface area contributed by atoms with Gasteiger partial charge in [0, 0.05) is 18.9 Å². The van der Waals surface area contributed by atoms with Crippen LogP contribution in [-0.2, 0) is 0 Å². The third-order valence-electron chi connectivity index (χ3n) is 2.51. The maximum absolute atomic E-state index is 4.51. The van der Waals surface area contributed by atoms with Crippen molar-refractivity contribution in [2.75, 3.05) is 11.9 Å². The number of para-hydroxylation sites is 1. The molecular formula is C13H15N3. The van der Waals surface area contributed by atoms with E-state index < -0.39 is 0 Å². The van der Waals surface area contributed by atoms with Gasteiger partial charge >= 0.3 is 0 Å². The molecule has 1 aromatic heterocycles. The van der Waals surface area contributed by atoms with E-state index in [-0.39, 0.29) is 0 Å². The zero-order chi connectivity index (χ0) is 11.5. The van der Waals surface area contributed by atoms with Crippen LogP contribution < -0.4 is 4.90 Å². The van der Waals surface area contributed by atoms with Crippen molar-refractivity contribution < 1.29 is 0 Å². The first-order chi connectivity index (χ1) is 7.68. The van der Waals surface area contributed by atoms with Crippen LogP contribution in [0, 0.1) is 13.8 Å². The number of aromatic nitrogens is 2. The Labute approximate surface area is 95.8 Å². The third-order valence-corrected chi connectivity index (χ3v) is 2.51. The van der Waals surface area contributed by atoms with Crippen LogP contribution in [0.15, 0.2) is 36.5 Å². The zero-order valence-electron chi connectivity index (χ0n) is 9.81. The molecule has 0 saturated carbocycles. The molecule has 2 rings (SSSR count). The maximum atomic E-state index is 4.51. The van der Waals surface area contributed by atoms with Crippen LogP contribution in [0.5, 0.6) is 0 Å². The van der Waals surface area contributed by atoms with Crippen molar-refractivity contribution in [1.82, 2.24) is 9.97 Å². The molecule has 0 bridgehead atoms. The van der Waals surface area contributed by atoms with E-state index in [2.05, 4.69) is 27.0 Å². The van der Waals surface area contributed by atoms with Crippen LogP contribution in [0.3, 0.4) is 0 Å². The minimum Gasteiger partial charge on any atom is -0.328 e. The largest absolute Gasteiger partial charge is 0.328 e. The Morgan fingerprint density at radius 3 is 2.44 bits per heavy atom. The number of hydrogen-bond donors (Lipinski definition) is 0. The molecule has 0 fully saturated rings. The van der Waals surface area contributed by atoms with Crippen LogP contribution in [0.2, 0.25) is 0 Å². The van der Waals surface area contributed by atoms with E-state index in [0.717, 1.165) is 22.9 Å². The second kappa shape index (κ2) is 4.31. The Hall–Kier alpha value is -1.90. The lowest BCUT2D eigenvalue weighted by Gasteiger charge is -2.19. The molecule has 0 aliphatic carbocycles. The first kappa shape index (κ1) is 10.6. The number of aryl methyl sites for hydroxylation is 2. The van der Waals surface area contributed by atoms with Gasteiger partial charge in [0.2, 0.25) is 0 Å². The summed E-state index contributed by atoms with van der Waals surface area (Å²) in [4.78, 5) is 10.9. The monoisotopic (exact) mass is 213 g/mol. The van der Waals surface area contributed by atoms with Crippen LogP contribution >= 0.6 is 0 Å². The van der Waals surface area contributed by atoms with Crippen molar-refractivity contribution in [1.29, 1.82) is 0 Å². The van der Waals surface area contributed by atoms with Gasteiger partial charge in [-0.3, -0.25) is 4.98 Å². The van der Waals surface area contributed by atoms with Gasteiger partial charge in [0.15, 0.2) is 5.82 Å². The van der Waals surface area contributed by atoms with E-state index in [4.69, 9.17) is 0 Å². The Bertz CT molecular complexity index is 480. The summed E-state index contributed by atoms with van der Waals surface area (Å²) in [6.45, 7) is 3.93. The molecule has 0 atom stereocenters. The Kier molecular flexibility index (Phi) is 2.86. The van der Waals surface area contributed by atoms with Gasteiger partial charge in [-0.25, -0.2) is 4.98 Å². The molecule has 0 spiro atoms. The Morgan fingerprint density at radius 2 is 1.75 bits per heavy atom. The fourth-order valence-corrected chi connectivity index (χ4v) is 1.62. The SMILES string of the molecule is Cc1cnc(C)c(N(C)c2ccccc2)n1. The fraction of sp³-hybridized carbons (Fsp3) is 0.231. The predicted molar refractivity (Wildman–Crippen MR) is 66.0 cm³/mol. The van der Waals surface area contributed by atoms with E-state index in [1.165, 1.54) is 0 Å². The molecule has 0 aliphatic rings. The molecule has 0 N–H and O–H groups in total. The van der Waals surface area contributed by atoms with Crippen LogP contribution in [-0.4, -0.2) is 17.0 Å². The van der Waals surface area contributed by atoms with Gasteiger partial charge in [0.05, 0.1) is 11.4 Å². The number of benzene rings is 1. The summed E-state index contributed by atoms with van der Waals surface area (Å²) in [7, 11) is 2.01. The molecule has 0 saturated heterocycles. The molecular weight excluding hydrogens is 198 g/mol. The summed E-state index contributed by atoms with van der Waals surface area (Å²) in [5.74, 6) is 0.909. The second-order valence-corrected chi connectivity index (χ2v) is 3.81. The molecule has 16 heavy (non-hydrogen) atoms. The van der Waals surface area contributed by atoms with E-state index in [1.54, 1.807) is 6.20 Å². The van der Waals surface area contributed by atoms with Gasteiger partial charge in [0.25, 0.3) is 0 Å². The summed E-state index contributed by atoms with van der Waals surface area (Å²) in [5, 5.41) is 0. The summed E-state index contributed by atoms with van der Waals surface area (Å²) in [6.07, 6.45) is 1.79. The van der Waals surface area contributed by atoms with Crippen molar-refractivity contribution >= 4 is 11.5 Å². The minimum atomic E-state index is 0.909. The molecule has 0 radical (unpaired) electrons. The fourth-order valence-electron chi connectivity index (χ4n) is 1.62. The van der Waals surface area contributed by atoms with Crippen molar-refractivity contribution in [3.05, 3.63) is 47.9 Å². The quantitative estimate of drug-likeness (QED) is 0.768. The lowest BCUT2D eigenvalue weighted by atomic mass is 10.3. The average molecular weight is 213 g/mol. The molecule has 82 valence electrons. The lowest BCUT2D eigenvalue weighted by molar-refractivity contribution is 1.01. The zero-order valence-corrected chi connectivity index (χ0v) is 9.81. The topological polar surface area (TPSA) is 29.0 Å². The van der Waals surface area contributed by atoms with Crippen molar-refractivity contribution in [3.63, 3.8) is 0 Å². The predicted octanol–water partition coefficient (Wildman–Crippen LogP) is 2.86. The Balaban J connectivity index is 2.41. The second-order valence-electron chi connectivity index (χ2n) is 3.81. The van der Waals surface area contributed by atoms with Crippen LogP contribution in [0.1, 0.15) is 11.4 Å². The smallest absolute Gasteiger partial charge is 0.154 e. The summed E-state index contributed by atoms with van der Waals surface area (Å²) < 4.78 is 0. The average Bonchev–Trinajstić information content (AvgIpc) is 2.32. The molecule has 0 unspecified atom stereocenters. The maximum Gasteiger partial charge on any atom is 0.154 e. The number of nitrogens with zero attached hydrogens (tertiary/aromatic N) is 3. The molecule has 1 aromatic carbocycles. The highest BCUT2D eigenvalue weighted by molar-refractivity contribution is 5.60. The van der Waals surface area contributed by atoms with Gasteiger partial charge in [-0.05, 0) is 26.0 Å². The van der Waals surface area contributed by atoms with Crippen molar-refractivity contribution in [2.24, 2.45) is 0 Å². The summed E-state index contributed by atoms with van der Waals surface area (Å²) in [5.41, 5.74) is 2.99. The molecule has 0 aliphatic heterocycles. The van der Waals surface area contributed by atoms with E-state index >= 15 is 0 Å². The van der Waals surface area contributed by atoms with Gasteiger partial charge in [-0.2, -0.15) is 0 Å². The molecule has 1 heterocycles. The highest BCUT2D eigenvalue weighted by Crippen LogP contribution is 2.23. The molecule has 0 amide bonds. The van der Waals surface area contributed by atoms with E-state index in [1.807, 2.05) is 39.1 Å². The highest BCUT2D eigenvalue weighted by Gasteiger charge is 2.08. The van der Waals surface area contributed by atoms with Gasteiger partial charge < -0.3 is 4.90 Å². The molecule has 2 aromatic rings. The first-order valence-corrected chi connectivity index (χ1v) is 5.27. The van der Waals surface area contributed by atoms with Crippen LogP contribution in [0.4, 0.5) is 11.5 Å². The summed E-state index contributed by atoms with van der Waals surface area (Å²) >= 11 is 0. The standard InChI is InChI=1S/C13H15N3/c1-10-9-14-11(2)13(15-10)16(3)12-7-5-4-6-8-12/h4-9H,1-3H3. The van der Waals surface area contributed by atoms with Gasteiger partial charge in [-0.15, -0.1) is 0 Å².